The number of nitrogens with one attached hydrogen (secondary N) is 1. The summed E-state index contributed by atoms with van der Waals surface area (Å²) in [7, 11) is 0. The molecule has 0 spiro atoms. The number of hydrogen-bond acceptors (Lipinski definition) is 3. The maximum Gasteiger partial charge on any atom is 0.243 e. The Balaban J connectivity index is 1.31. The first kappa shape index (κ1) is 32.5. The van der Waals surface area contributed by atoms with Crippen molar-refractivity contribution in [2.75, 3.05) is 13.1 Å². The van der Waals surface area contributed by atoms with Gasteiger partial charge in [0.1, 0.15) is 13.1 Å². The molecule has 6 aromatic carbocycles. The number of nitrogens with zero attached hydrogens (tertiary/aromatic N) is 2. The highest BCUT2D eigenvalue weighted by Crippen LogP contribution is 2.31. The van der Waals surface area contributed by atoms with Gasteiger partial charge in [-0.3, -0.25) is 14.4 Å². The van der Waals surface area contributed by atoms with Crippen LogP contribution in [0.1, 0.15) is 62.5 Å². The van der Waals surface area contributed by atoms with E-state index in [9.17, 15) is 14.4 Å². The Morgan fingerprint density at radius 3 is 1.40 bits per heavy atom. The fraction of sp³-hybridized carbons (Fsp3) is 0.214. The summed E-state index contributed by atoms with van der Waals surface area (Å²) < 4.78 is 0. The molecule has 6 heteroatoms. The number of fused-ring (bicyclic) bond motifs is 3. The van der Waals surface area contributed by atoms with Crippen molar-refractivity contribution >= 4 is 50.0 Å². The molecule has 0 bridgehead atoms. The summed E-state index contributed by atoms with van der Waals surface area (Å²) in [5.41, 5.74) is 2.91. The number of carbonyl (C=O) groups excluding carboxylic acids is 3. The second kappa shape index (κ2) is 14.1. The molecule has 6 nitrogen and oxygen atoms in total. The highest BCUT2D eigenvalue weighted by Gasteiger charge is 2.30. The summed E-state index contributed by atoms with van der Waals surface area (Å²) in [5, 5.41) is 9.50. The number of hydrogen-bond donors (Lipinski definition) is 1. The minimum atomic E-state index is -0.441. The van der Waals surface area contributed by atoms with E-state index in [-0.39, 0.29) is 42.9 Å². The zero-order chi connectivity index (χ0) is 33.8. The van der Waals surface area contributed by atoms with Gasteiger partial charge in [-0.15, -0.1) is 0 Å². The van der Waals surface area contributed by atoms with E-state index in [1.54, 1.807) is 9.80 Å². The SMILES string of the molecule is CC(=O)N(CC(=O)N(CC(=O)N[C@@H](C)c1cccc2ccccc12)[C@H](C)c1cccc2ccccc12)[C@@H](C)c1cccc2ccccc12. The largest absolute Gasteiger partial charge is 0.348 e. The molecule has 0 unspecified atom stereocenters. The van der Waals surface area contributed by atoms with Crippen molar-refractivity contribution in [1.82, 2.24) is 15.1 Å². The van der Waals surface area contributed by atoms with Crippen LogP contribution in [0.2, 0.25) is 0 Å². The predicted molar refractivity (Wildman–Crippen MR) is 194 cm³/mol. The van der Waals surface area contributed by atoms with Crippen molar-refractivity contribution < 1.29 is 14.4 Å². The second-order valence-electron chi connectivity index (χ2n) is 12.5. The lowest BCUT2D eigenvalue weighted by Crippen LogP contribution is -2.48. The van der Waals surface area contributed by atoms with Crippen LogP contribution in [0.25, 0.3) is 32.3 Å². The fourth-order valence-corrected chi connectivity index (χ4v) is 6.91. The first-order valence-corrected chi connectivity index (χ1v) is 16.5. The van der Waals surface area contributed by atoms with Gasteiger partial charge < -0.3 is 15.1 Å². The van der Waals surface area contributed by atoms with Gasteiger partial charge in [0.15, 0.2) is 0 Å². The molecular formula is C42H41N3O3. The molecule has 242 valence electrons. The van der Waals surface area contributed by atoms with Crippen LogP contribution in [-0.2, 0) is 14.4 Å². The molecule has 48 heavy (non-hydrogen) atoms. The summed E-state index contributed by atoms with van der Waals surface area (Å²) in [6.07, 6.45) is 0. The standard InChI is InChI=1S/C42H41N3O3/c1-28(35-23-11-17-32-14-5-8-20-38(32)35)43-41(47)26-45(30(3)37-25-13-19-34-16-7-10-22-40(34)37)42(48)27-44(31(4)46)29(2)36-24-12-18-33-15-6-9-21-39(33)36/h5-25,28-30H,26-27H2,1-4H3,(H,43,47)/t28-,29-,30+/m0/s1. The molecule has 0 aliphatic carbocycles. The summed E-state index contributed by atoms with van der Waals surface area (Å²) >= 11 is 0. The molecule has 6 rings (SSSR count). The number of rotatable bonds is 10. The maximum absolute atomic E-state index is 14.4. The summed E-state index contributed by atoms with van der Waals surface area (Å²) in [5.74, 6) is -0.784. The molecule has 0 radical (unpaired) electrons. The first-order valence-electron chi connectivity index (χ1n) is 16.5. The molecule has 3 atom stereocenters. The van der Waals surface area contributed by atoms with E-state index >= 15 is 0 Å². The number of benzene rings is 6. The minimum Gasteiger partial charge on any atom is -0.348 e. The van der Waals surface area contributed by atoms with Gasteiger partial charge in [0, 0.05) is 6.92 Å². The van der Waals surface area contributed by atoms with Crippen molar-refractivity contribution in [1.29, 1.82) is 0 Å². The summed E-state index contributed by atoms with van der Waals surface area (Å²) in [4.78, 5) is 44.6. The van der Waals surface area contributed by atoms with Crippen LogP contribution in [0.15, 0.2) is 127 Å². The Labute approximate surface area is 282 Å². The highest BCUT2D eigenvalue weighted by atomic mass is 16.2. The van der Waals surface area contributed by atoms with Crippen molar-refractivity contribution in [3.8, 4) is 0 Å². The molecule has 6 aromatic rings. The summed E-state index contributed by atoms with van der Waals surface area (Å²) in [6.45, 7) is 7.03. The number of amides is 3. The van der Waals surface area contributed by atoms with Gasteiger partial charge in [0.25, 0.3) is 0 Å². The fourth-order valence-electron chi connectivity index (χ4n) is 6.91. The molecule has 3 amide bonds. The van der Waals surface area contributed by atoms with Gasteiger partial charge in [0.05, 0.1) is 18.1 Å². The Bertz CT molecular complexity index is 2110. The Hall–Kier alpha value is -5.49. The monoisotopic (exact) mass is 635 g/mol. The third-order valence-corrected chi connectivity index (χ3v) is 9.49. The Kier molecular flexibility index (Phi) is 9.53. The first-order chi connectivity index (χ1) is 23.2. The minimum absolute atomic E-state index is 0.160. The lowest BCUT2D eigenvalue weighted by atomic mass is 9.97. The molecule has 0 heterocycles. The zero-order valence-electron chi connectivity index (χ0n) is 27.9. The van der Waals surface area contributed by atoms with Crippen LogP contribution >= 0.6 is 0 Å². The molecule has 0 aromatic heterocycles. The van der Waals surface area contributed by atoms with Crippen molar-refractivity contribution in [3.63, 3.8) is 0 Å². The number of carbonyl (C=O) groups is 3. The average Bonchev–Trinajstić information content (AvgIpc) is 3.11. The lowest BCUT2D eigenvalue weighted by molar-refractivity contribution is -0.144. The third-order valence-electron chi connectivity index (χ3n) is 9.49. The van der Waals surface area contributed by atoms with E-state index in [0.717, 1.165) is 49.0 Å². The van der Waals surface area contributed by atoms with E-state index in [4.69, 9.17) is 0 Å². The van der Waals surface area contributed by atoms with Gasteiger partial charge in [-0.25, -0.2) is 0 Å². The van der Waals surface area contributed by atoms with Gasteiger partial charge >= 0.3 is 0 Å². The van der Waals surface area contributed by atoms with Gasteiger partial charge in [-0.2, -0.15) is 0 Å². The third kappa shape index (κ3) is 6.65. The predicted octanol–water partition coefficient (Wildman–Crippen LogP) is 8.52. The van der Waals surface area contributed by atoms with Crippen LogP contribution in [0.4, 0.5) is 0 Å². The van der Waals surface area contributed by atoms with E-state index in [0.29, 0.717) is 0 Å². The molecule has 0 aliphatic heterocycles. The van der Waals surface area contributed by atoms with E-state index < -0.39 is 6.04 Å². The van der Waals surface area contributed by atoms with Gasteiger partial charge in [0.2, 0.25) is 17.7 Å². The quantitative estimate of drug-likeness (QED) is 0.164. The average molecular weight is 636 g/mol. The molecular weight excluding hydrogens is 594 g/mol. The van der Waals surface area contributed by atoms with E-state index in [2.05, 4.69) is 23.5 Å². The van der Waals surface area contributed by atoms with E-state index in [1.165, 1.54) is 6.92 Å². The Morgan fingerprint density at radius 1 is 0.521 bits per heavy atom. The highest BCUT2D eigenvalue weighted by molar-refractivity contribution is 5.92. The smallest absolute Gasteiger partial charge is 0.243 e. The normalized spacial score (nSPS) is 13.2. The molecule has 0 saturated heterocycles. The second-order valence-corrected chi connectivity index (χ2v) is 12.5. The van der Waals surface area contributed by atoms with Crippen LogP contribution in [0, 0.1) is 0 Å². The zero-order valence-corrected chi connectivity index (χ0v) is 27.9. The van der Waals surface area contributed by atoms with Crippen LogP contribution in [0.5, 0.6) is 0 Å². The van der Waals surface area contributed by atoms with Crippen molar-refractivity contribution in [2.45, 2.75) is 45.8 Å². The topological polar surface area (TPSA) is 69.7 Å². The lowest BCUT2D eigenvalue weighted by Gasteiger charge is -2.34. The molecule has 0 saturated carbocycles. The van der Waals surface area contributed by atoms with Crippen LogP contribution in [-0.4, -0.2) is 40.6 Å². The maximum atomic E-state index is 14.4. The van der Waals surface area contributed by atoms with Crippen LogP contribution < -0.4 is 5.32 Å². The molecule has 0 aliphatic rings. The van der Waals surface area contributed by atoms with Crippen molar-refractivity contribution in [2.24, 2.45) is 0 Å². The molecule has 0 fully saturated rings. The summed E-state index contributed by atoms with van der Waals surface area (Å²) in [6, 6.07) is 41.2. The van der Waals surface area contributed by atoms with Gasteiger partial charge in [-0.05, 0) is 69.8 Å². The molecule has 1 N–H and O–H groups in total. The van der Waals surface area contributed by atoms with E-state index in [1.807, 2.05) is 130 Å². The Morgan fingerprint density at radius 2 is 0.917 bits per heavy atom. The van der Waals surface area contributed by atoms with Gasteiger partial charge in [-0.1, -0.05) is 127 Å². The van der Waals surface area contributed by atoms with Crippen molar-refractivity contribution in [3.05, 3.63) is 144 Å². The van der Waals surface area contributed by atoms with Crippen LogP contribution in [0.3, 0.4) is 0 Å².